The smallest absolute Gasteiger partial charge is 0.303 e. The maximum Gasteiger partial charge on any atom is 0.303 e. The van der Waals surface area contributed by atoms with Gasteiger partial charge in [-0.15, -0.1) is 0 Å². The van der Waals surface area contributed by atoms with E-state index >= 15 is 0 Å². The first-order chi connectivity index (χ1) is 13.6. The Kier molecular flexibility index (Phi) is 6.60. The summed E-state index contributed by atoms with van der Waals surface area (Å²) in [7, 11) is 0. The van der Waals surface area contributed by atoms with Gasteiger partial charge in [0.05, 0.1) is 0 Å². The van der Waals surface area contributed by atoms with E-state index < -0.39 is 11.4 Å². The first-order valence-corrected chi connectivity index (χ1v) is 11.9. The molecule has 3 aliphatic rings. The maximum atomic E-state index is 13.7. The number of Topliss-reactive ketones (excluding diaryl/α,β-unsaturated/α-hetero) is 2. The van der Waals surface area contributed by atoms with Gasteiger partial charge in [-0.2, -0.15) is 0 Å². The highest BCUT2D eigenvalue weighted by atomic mass is 16.4. The number of hydrogen-bond acceptors (Lipinski definition) is 3. The topological polar surface area (TPSA) is 71.4 Å². The average Bonchev–Trinajstić information content (AvgIpc) is 3.05. The second kappa shape index (κ2) is 8.51. The molecule has 1 unspecified atom stereocenters. The van der Waals surface area contributed by atoms with E-state index in [9.17, 15) is 14.4 Å². The van der Waals surface area contributed by atoms with Crippen LogP contribution >= 0.6 is 0 Å². The van der Waals surface area contributed by atoms with Gasteiger partial charge < -0.3 is 5.11 Å². The van der Waals surface area contributed by atoms with E-state index in [2.05, 4.69) is 20.8 Å². The minimum atomic E-state index is -0.768. The van der Waals surface area contributed by atoms with Gasteiger partial charge in [-0.3, -0.25) is 14.4 Å². The number of hydrogen-bond donors (Lipinski definition) is 1. The van der Waals surface area contributed by atoms with E-state index in [4.69, 9.17) is 5.11 Å². The number of aliphatic carboxylic acids is 1. The molecule has 0 radical (unpaired) electrons. The van der Waals surface area contributed by atoms with Gasteiger partial charge in [0, 0.05) is 30.6 Å². The van der Waals surface area contributed by atoms with Crippen molar-refractivity contribution in [2.75, 3.05) is 0 Å². The summed E-state index contributed by atoms with van der Waals surface area (Å²) in [5, 5.41) is 9.10. The van der Waals surface area contributed by atoms with Crippen LogP contribution in [0.5, 0.6) is 0 Å². The lowest BCUT2D eigenvalue weighted by molar-refractivity contribution is -0.154. The highest BCUT2D eigenvalue weighted by Crippen LogP contribution is 2.63. The summed E-state index contributed by atoms with van der Waals surface area (Å²) in [4.78, 5) is 38.0. The average molecular weight is 405 g/mol. The molecule has 0 amide bonds. The number of carboxylic acid groups (broad SMARTS) is 1. The minimum absolute atomic E-state index is 0.00229. The molecule has 0 bridgehead atoms. The van der Waals surface area contributed by atoms with Gasteiger partial charge in [-0.25, -0.2) is 0 Å². The first kappa shape index (κ1) is 22.5. The highest BCUT2D eigenvalue weighted by molar-refractivity contribution is 5.91. The molecule has 6 atom stereocenters. The fourth-order valence-corrected chi connectivity index (χ4v) is 7.55. The zero-order valence-corrected chi connectivity index (χ0v) is 18.8. The Labute approximate surface area is 176 Å². The minimum Gasteiger partial charge on any atom is -0.481 e. The standard InChI is InChI=1S/C25H40O4/c1-5-20(26)23-18-11-10-17(16(2)9-12-22(28)29)25(18,4)21(27)15-19(23)24(3)13-7-6-8-14-24/h16-19,23H,5-15H2,1-4H3,(H,28,29)/t16-,17-,18+,19+,23?,25-/m1/s1. The molecule has 0 aromatic rings. The van der Waals surface area contributed by atoms with Crippen LogP contribution in [0, 0.1) is 40.4 Å². The third-order valence-corrected chi connectivity index (χ3v) is 9.31. The van der Waals surface area contributed by atoms with Crippen molar-refractivity contribution < 1.29 is 19.5 Å². The van der Waals surface area contributed by atoms with Crippen molar-refractivity contribution in [3.63, 3.8) is 0 Å². The zero-order chi connectivity index (χ0) is 21.4. The Morgan fingerprint density at radius 1 is 1.10 bits per heavy atom. The fraction of sp³-hybridized carbons (Fsp3) is 0.880. The van der Waals surface area contributed by atoms with Crippen LogP contribution < -0.4 is 0 Å². The molecule has 3 rings (SSSR count). The van der Waals surface area contributed by atoms with Crippen LogP contribution in [-0.4, -0.2) is 22.6 Å². The van der Waals surface area contributed by atoms with Crippen molar-refractivity contribution in [3.8, 4) is 0 Å². The molecule has 0 aromatic heterocycles. The molecule has 4 nitrogen and oxygen atoms in total. The Morgan fingerprint density at radius 2 is 1.76 bits per heavy atom. The van der Waals surface area contributed by atoms with E-state index in [-0.39, 0.29) is 41.4 Å². The predicted molar refractivity (Wildman–Crippen MR) is 113 cm³/mol. The van der Waals surface area contributed by atoms with Crippen LogP contribution in [0.15, 0.2) is 0 Å². The van der Waals surface area contributed by atoms with Gasteiger partial charge in [-0.05, 0) is 61.2 Å². The third-order valence-electron chi connectivity index (χ3n) is 9.31. The van der Waals surface area contributed by atoms with Crippen molar-refractivity contribution in [2.24, 2.45) is 40.4 Å². The van der Waals surface area contributed by atoms with E-state index in [0.717, 1.165) is 25.7 Å². The van der Waals surface area contributed by atoms with Gasteiger partial charge in [0.25, 0.3) is 0 Å². The van der Waals surface area contributed by atoms with Gasteiger partial charge in [0.15, 0.2) is 0 Å². The van der Waals surface area contributed by atoms with Crippen molar-refractivity contribution in [1.82, 2.24) is 0 Å². The summed E-state index contributed by atoms with van der Waals surface area (Å²) in [6.45, 7) is 8.53. The van der Waals surface area contributed by atoms with Crippen LogP contribution in [0.4, 0.5) is 0 Å². The lowest BCUT2D eigenvalue weighted by Gasteiger charge is -2.53. The van der Waals surface area contributed by atoms with Gasteiger partial charge in [-0.1, -0.05) is 47.0 Å². The molecular weight excluding hydrogens is 364 g/mol. The molecular formula is C25H40O4. The normalized spacial score (nSPS) is 37.7. The predicted octanol–water partition coefficient (Wildman–Crippen LogP) is 5.67. The molecule has 3 aliphatic carbocycles. The van der Waals surface area contributed by atoms with Crippen LogP contribution in [0.2, 0.25) is 0 Å². The highest BCUT2D eigenvalue weighted by Gasteiger charge is 2.62. The number of carbonyl (C=O) groups is 3. The Balaban J connectivity index is 1.92. The van der Waals surface area contributed by atoms with Crippen molar-refractivity contribution in [3.05, 3.63) is 0 Å². The molecule has 0 saturated heterocycles. The number of carbonyl (C=O) groups excluding carboxylic acids is 2. The third kappa shape index (κ3) is 3.93. The molecule has 0 aromatic carbocycles. The first-order valence-electron chi connectivity index (χ1n) is 11.9. The van der Waals surface area contributed by atoms with Crippen LogP contribution in [-0.2, 0) is 14.4 Å². The number of rotatable bonds is 7. The molecule has 3 fully saturated rings. The van der Waals surface area contributed by atoms with Crippen molar-refractivity contribution in [1.29, 1.82) is 0 Å². The van der Waals surface area contributed by atoms with E-state index in [0.29, 0.717) is 30.8 Å². The lowest BCUT2D eigenvalue weighted by atomic mass is 9.49. The van der Waals surface area contributed by atoms with E-state index in [1.807, 2.05) is 6.92 Å². The van der Waals surface area contributed by atoms with Gasteiger partial charge in [0.2, 0.25) is 0 Å². The number of carboxylic acids is 1. The molecule has 0 aliphatic heterocycles. The summed E-state index contributed by atoms with van der Waals surface area (Å²) in [6, 6.07) is 0. The summed E-state index contributed by atoms with van der Waals surface area (Å²) < 4.78 is 0. The number of fused-ring (bicyclic) bond motifs is 1. The summed E-state index contributed by atoms with van der Waals surface area (Å²) in [6.07, 6.45) is 9.73. The quantitative estimate of drug-likeness (QED) is 0.593. The van der Waals surface area contributed by atoms with Crippen LogP contribution in [0.25, 0.3) is 0 Å². The van der Waals surface area contributed by atoms with Crippen LogP contribution in [0.3, 0.4) is 0 Å². The maximum absolute atomic E-state index is 13.7. The zero-order valence-electron chi connectivity index (χ0n) is 18.8. The molecule has 0 spiro atoms. The summed E-state index contributed by atoms with van der Waals surface area (Å²) in [5.74, 6) is 0.661. The molecule has 4 heteroatoms. The Morgan fingerprint density at radius 3 is 2.34 bits per heavy atom. The van der Waals surface area contributed by atoms with E-state index in [1.165, 1.54) is 19.3 Å². The molecule has 3 saturated carbocycles. The summed E-state index contributed by atoms with van der Waals surface area (Å²) in [5.41, 5.74) is -0.354. The fourth-order valence-electron chi connectivity index (χ4n) is 7.55. The van der Waals surface area contributed by atoms with Crippen molar-refractivity contribution in [2.45, 2.75) is 98.3 Å². The van der Waals surface area contributed by atoms with Gasteiger partial charge >= 0.3 is 5.97 Å². The molecule has 1 N–H and O–H groups in total. The summed E-state index contributed by atoms with van der Waals surface area (Å²) >= 11 is 0. The Bertz CT molecular complexity index is 647. The van der Waals surface area contributed by atoms with Crippen LogP contribution in [0.1, 0.15) is 98.3 Å². The second-order valence-corrected chi connectivity index (χ2v) is 10.8. The Hall–Kier alpha value is -1.19. The number of ketones is 2. The van der Waals surface area contributed by atoms with Gasteiger partial charge in [0.1, 0.15) is 11.6 Å². The van der Waals surface area contributed by atoms with E-state index in [1.54, 1.807) is 0 Å². The molecule has 164 valence electrons. The monoisotopic (exact) mass is 404 g/mol. The second-order valence-electron chi connectivity index (χ2n) is 10.8. The van der Waals surface area contributed by atoms with Crippen molar-refractivity contribution >= 4 is 17.5 Å². The largest absolute Gasteiger partial charge is 0.481 e. The SMILES string of the molecule is CCC(=O)C1[C@@H](C2(C)CCCCC2)CC(=O)[C@]2(C)[C@@H]([C@H](C)CCC(=O)O)CC[C@@H]12. The molecule has 0 heterocycles. The lowest BCUT2D eigenvalue weighted by Crippen LogP contribution is -2.55. The molecule has 29 heavy (non-hydrogen) atoms.